The number of rotatable bonds is 2. The zero-order valence-corrected chi connectivity index (χ0v) is 7.50. The molecule has 0 bridgehead atoms. The van der Waals surface area contributed by atoms with Crippen molar-refractivity contribution in [1.29, 1.82) is 0 Å². The molecule has 0 unspecified atom stereocenters. The predicted octanol–water partition coefficient (Wildman–Crippen LogP) is 2.44. The molecular formula is C6H8ClI. The summed E-state index contributed by atoms with van der Waals surface area (Å²) in [4.78, 5) is 0. The third-order valence-corrected chi connectivity index (χ3v) is 1.28. The molecule has 0 aromatic heterocycles. The molecule has 0 heterocycles. The van der Waals surface area contributed by atoms with E-state index in [1.54, 1.807) is 0 Å². The van der Waals surface area contributed by atoms with E-state index in [-0.39, 0.29) is 0 Å². The van der Waals surface area contributed by atoms with Crippen LogP contribution < -0.4 is 0 Å². The Morgan fingerprint density at radius 3 is 2.62 bits per heavy atom. The van der Waals surface area contributed by atoms with Gasteiger partial charge in [-0.1, -0.05) is 28.5 Å². The van der Waals surface area contributed by atoms with Crippen LogP contribution in [0.1, 0.15) is 12.8 Å². The molecule has 0 aromatic carbocycles. The molecule has 0 N–H and O–H groups in total. The molecule has 0 rings (SSSR count). The van der Waals surface area contributed by atoms with Crippen LogP contribution >= 0.6 is 34.2 Å². The summed E-state index contributed by atoms with van der Waals surface area (Å²) < 4.78 is 0.931. The zero-order valence-electron chi connectivity index (χ0n) is 4.58. The van der Waals surface area contributed by atoms with E-state index in [2.05, 4.69) is 34.4 Å². The monoisotopic (exact) mass is 242 g/mol. The van der Waals surface area contributed by atoms with Crippen molar-refractivity contribution < 1.29 is 0 Å². The van der Waals surface area contributed by atoms with Crippen LogP contribution in [-0.4, -0.2) is 10.3 Å². The molecule has 46 valence electrons. The predicted molar refractivity (Wildman–Crippen MR) is 46.6 cm³/mol. The second-order valence-electron chi connectivity index (χ2n) is 1.28. The van der Waals surface area contributed by atoms with E-state index >= 15 is 0 Å². The Balaban J connectivity index is 2.90. The van der Waals surface area contributed by atoms with Gasteiger partial charge in [0, 0.05) is 12.3 Å². The summed E-state index contributed by atoms with van der Waals surface area (Å²) in [6.45, 7) is 0. The Labute approximate surface area is 69.1 Å². The summed E-state index contributed by atoms with van der Waals surface area (Å²) in [6.07, 6.45) is 1.97. The van der Waals surface area contributed by atoms with Crippen LogP contribution in [0.4, 0.5) is 0 Å². The first-order valence-corrected chi connectivity index (χ1v) is 4.55. The number of hydrogen-bond acceptors (Lipinski definition) is 0. The van der Waals surface area contributed by atoms with Gasteiger partial charge in [0.1, 0.15) is 0 Å². The van der Waals surface area contributed by atoms with Crippen molar-refractivity contribution in [2.75, 3.05) is 10.3 Å². The topological polar surface area (TPSA) is 0 Å². The third-order valence-electron chi connectivity index (χ3n) is 0.627. The summed E-state index contributed by atoms with van der Waals surface area (Å²) in [5.41, 5.74) is 0. The Bertz CT molecular complexity index is 90.4. The van der Waals surface area contributed by atoms with E-state index in [1.165, 1.54) is 0 Å². The third kappa shape index (κ3) is 6.58. The average molecular weight is 242 g/mol. The van der Waals surface area contributed by atoms with Gasteiger partial charge in [-0.25, -0.2) is 0 Å². The Hall–Kier alpha value is 0.580. The summed E-state index contributed by atoms with van der Waals surface area (Å²) in [5, 5.41) is 0. The van der Waals surface area contributed by atoms with Crippen LogP contribution in [0.25, 0.3) is 0 Å². The molecule has 0 radical (unpaired) electrons. The van der Waals surface area contributed by atoms with Gasteiger partial charge in [0.15, 0.2) is 0 Å². The normalized spacial score (nSPS) is 7.75. The minimum atomic E-state index is 0.732. The SMILES string of the molecule is ClCCCC#CCI. The zero-order chi connectivity index (χ0) is 6.24. The highest BCUT2D eigenvalue weighted by Crippen LogP contribution is 1.88. The van der Waals surface area contributed by atoms with Crippen LogP contribution in [0.15, 0.2) is 0 Å². The second-order valence-corrected chi connectivity index (χ2v) is 2.42. The van der Waals surface area contributed by atoms with Gasteiger partial charge in [0.25, 0.3) is 0 Å². The second kappa shape index (κ2) is 7.58. The van der Waals surface area contributed by atoms with E-state index in [0.29, 0.717) is 0 Å². The number of hydrogen-bond donors (Lipinski definition) is 0. The molecule has 0 aromatic rings. The maximum atomic E-state index is 5.41. The highest BCUT2D eigenvalue weighted by Gasteiger charge is 1.75. The number of unbranched alkanes of at least 4 members (excludes halogenated alkanes) is 1. The fraction of sp³-hybridized carbons (Fsp3) is 0.667. The van der Waals surface area contributed by atoms with Crippen molar-refractivity contribution in [2.45, 2.75) is 12.8 Å². The lowest BCUT2D eigenvalue weighted by Gasteiger charge is -1.80. The highest BCUT2D eigenvalue weighted by atomic mass is 127. The van der Waals surface area contributed by atoms with E-state index in [4.69, 9.17) is 11.6 Å². The first-order chi connectivity index (χ1) is 3.91. The van der Waals surface area contributed by atoms with Crippen LogP contribution in [-0.2, 0) is 0 Å². The van der Waals surface area contributed by atoms with Crippen LogP contribution in [0.5, 0.6) is 0 Å². The Kier molecular flexibility index (Phi) is 8.13. The van der Waals surface area contributed by atoms with Crippen molar-refractivity contribution >= 4 is 34.2 Å². The molecule has 0 spiro atoms. The van der Waals surface area contributed by atoms with E-state index in [0.717, 1.165) is 23.1 Å². The molecule has 0 aliphatic rings. The fourth-order valence-corrected chi connectivity index (χ4v) is 0.694. The average Bonchev–Trinajstić information content (AvgIpc) is 1.81. The number of alkyl halides is 2. The standard InChI is InChI=1S/C6H8ClI/c7-5-3-1-2-4-6-8/h1,3,5-6H2. The molecule has 0 amide bonds. The van der Waals surface area contributed by atoms with Crippen molar-refractivity contribution in [1.82, 2.24) is 0 Å². The van der Waals surface area contributed by atoms with Crippen LogP contribution in [0.3, 0.4) is 0 Å². The van der Waals surface area contributed by atoms with Gasteiger partial charge in [-0.15, -0.1) is 17.5 Å². The van der Waals surface area contributed by atoms with Gasteiger partial charge in [-0.05, 0) is 6.42 Å². The molecule has 0 atom stereocenters. The minimum absolute atomic E-state index is 0.732. The van der Waals surface area contributed by atoms with Crippen LogP contribution in [0.2, 0.25) is 0 Å². The van der Waals surface area contributed by atoms with Crippen molar-refractivity contribution in [2.24, 2.45) is 0 Å². The molecule has 0 aliphatic carbocycles. The van der Waals surface area contributed by atoms with E-state index < -0.39 is 0 Å². The first-order valence-electron chi connectivity index (χ1n) is 2.49. The van der Waals surface area contributed by atoms with Gasteiger partial charge >= 0.3 is 0 Å². The van der Waals surface area contributed by atoms with Crippen LogP contribution in [0, 0.1) is 11.8 Å². The summed E-state index contributed by atoms with van der Waals surface area (Å²) in [6, 6.07) is 0. The van der Waals surface area contributed by atoms with Gasteiger partial charge in [-0.3, -0.25) is 0 Å². The molecule has 0 nitrogen and oxygen atoms in total. The molecule has 0 saturated heterocycles. The van der Waals surface area contributed by atoms with E-state index in [1.807, 2.05) is 0 Å². The Morgan fingerprint density at radius 1 is 1.38 bits per heavy atom. The number of halogens is 2. The van der Waals surface area contributed by atoms with Crippen molar-refractivity contribution in [3.63, 3.8) is 0 Å². The summed E-state index contributed by atoms with van der Waals surface area (Å²) in [5.74, 6) is 6.69. The van der Waals surface area contributed by atoms with Crippen molar-refractivity contribution in [3.8, 4) is 11.8 Å². The molecule has 2 heteroatoms. The quantitative estimate of drug-likeness (QED) is 0.302. The first kappa shape index (κ1) is 8.58. The fourth-order valence-electron chi connectivity index (χ4n) is 0.291. The van der Waals surface area contributed by atoms with E-state index in [9.17, 15) is 0 Å². The Morgan fingerprint density at radius 2 is 2.12 bits per heavy atom. The van der Waals surface area contributed by atoms with Gasteiger partial charge in [0.05, 0.1) is 4.43 Å². The largest absolute Gasteiger partial charge is 0.127 e. The summed E-state index contributed by atoms with van der Waals surface area (Å²) >= 11 is 7.64. The lowest BCUT2D eigenvalue weighted by Crippen LogP contribution is -1.70. The highest BCUT2D eigenvalue weighted by molar-refractivity contribution is 14.1. The smallest absolute Gasteiger partial charge is 0.0609 e. The van der Waals surface area contributed by atoms with Gasteiger partial charge < -0.3 is 0 Å². The summed E-state index contributed by atoms with van der Waals surface area (Å²) in [7, 11) is 0. The van der Waals surface area contributed by atoms with Gasteiger partial charge in [-0.2, -0.15) is 0 Å². The molecular weight excluding hydrogens is 234 g/mol. The molecule has 8 heavy (non-hydrogen) atoms. The lowest BCUT2D eigenvalue weighted by molar-refractivity contribution is 0.991. The molecule has 0 saturated carbocycles. The van der Waals surface area contributed by atoms with Gasteiger partial charge in [0.2, 0.25) is 0 Å². The maximum Gasteiger partial charge on any atom is 0.0609 e. The van der Waals surface area contributed by atoms with Crippen molar-refractivity contribution in [3.05, 3.63) is 0 Å². The molecule has 0 fully saturated rings. The minimum Gasteiger partial charge on any atom is -0.127 e. The lowest BCUT2D eigenvalue weighted by atomic mass is 10.3. The maximum absolute atomic E-state index is 5.41. The molecule has 0 aliphatic heterocycles.